The molecule has 0 aromatic heterocycles. The van der Waals surface area contributed by atoms with Crippen LogP contribution in [0.5, 0.6) is 5.75 Å². The van der Waals surface area contributed by atoms with E-state index in [1.54, 1.807) is 36.4 Å². The summed E-state index contributed by atoms with van der Waals surface area (Å²) >= 11 is 0. The molecule has 21 heavy (non-hydrogen) atoms. The van der Waals surface area contributed by atoms with Gasteiger partial charge in [-0.2, -0.15) is 0 Å². The van der Waals surface area contributed by atoms with Crippen molar-refractivity contribution in [3.8, 4) is 5.75 Å². The van der Waals surface area contributed by atoms with Gasteiger partial charge in [-0.3, -0.25) is 10.1 Å². The van der Waals surface area contributed by atoms with Crippen LogP contribution in [0.1, 0.15) is 5.56 Å². The molecule has 0 saturated carbocycles. The maximum absolute atomic E-state index is 11.5. The van der Waals surface area contributed by atoms with Crippen molar-refractivity contribution in [3.05, 3.63) is 70.3 Å². The molecule has 0 unspecified atom stereocenters. The second-order valence-electron chi connectivity index (χ2n) is 4.19. The number of nitro groups is 1. The topological polar surface area (TPSA) is 78.7 Å². The van der Waals surface area contributed by atoms with Crippen LogP contribution in [0.2, 0.25) is 0 Å². The van der Waals surface area contributed by atoms with E-state index >= 15 is 0 Å². The van der Waals surface area contributed by atoms with Crippen molar-refractivity contribution in [2.24, 2.45) is 0 Å². The van der Waals surface area contributed by atoms with Gasteiger partial charge in [0.05, 0.1) is 4.92 Å². The van der Waals surface area contributed by atoms with Gasteiger partial charge < -0.3 is 9.47 Å². The highest BCUT2D eigenvalue weighted by molar-refractivity contribution is 5.71. The maximum Gasteiger partial charge on any atom is 0.344 e. The van der Waals surface area contributed by atoms with E-state index < -0.39 is 10.9 Å². The third-order valence-corrected chi connectivity index (χ3v) is 2.65. The Hall–Kier alpha value is -2.89. The summed E-state index contributed by atoms with van der Waals surface area (Å²) in [6.45, 7) is -0.133. The van der Waals surface area contributed by atoms with Gasteiger partial charge in [0.25, 0.3) is 5.69 Å². The number of carbonyl (C=O) groups is 1. The maximum atomic E-state index is 11.5. The van der Waals surface area contributed by atoms with Crippen LogP contribution in [0.4, 0.5) is 5.69 Å². The Morgan fingerprint density at radius 3 is 2.33 bits per heavy atom. The van der Waals surface area contributed by atoms with Crippen LogP contribution in [0.3, 0.4) is 0 Å². The van der Waals surface area contributed by atoms with E-state index in [0.717, 1.165) is 0 Å². The lowest BCUT2D eigenvalue weighted by Crippen LogP contribution is -2.14. The minimum Gasteiger partial charge on any atom is -0.482 e. The number of benzene rings is 2. The third kappa shape index (κ3) is 4.61. The zero-order valence-corrected chi connectivity index (χ0v) is 11.1. The molecule has 0 N–H and O–H groups in total. The number of esters is 1. The van der Waals surface area contributed by atoms with E-state index in [2.05, 4.69) is 0 Å². The molecule has 0 aliphatic heterocycles. The van der Waals surface area contributed by atoms with Crippen LogP contribution in [-0.4, -0.2) is 17.5 Å². The van der Waals surface area contributed by atoms with E-state index in [1.807, 2.05) is 6.07 Å². The molecule has 0 heterocycles. The summed E-state index contributed by atoms with van der Waals surface area (Å²) in [7, 11) is 0. The number of nitro benzene ring substituents is 1. The SMILES string of the molecule is O=C(COc1ccccc1)OCc1ccc([N+](=O)[O-])cc1. The van der Waals surface area contributed by atoms with Gasteiger partial charge in [0.15, 0.2) is 6.61 Å². The minimum absolute atomic E-state index is 0.00233. The normalized spacial score (nSPS) is 9.90. The van der Waals surface area contributed by atoms with Crippen LogP contribution in [0.15, 0.2) is 54.6 Å². The van der Waals surface area contributed by atoms with Crippen LogP contribution < -0.4 is 4.74 Å². The van der Waals surface area contributed by atoms with Gasteiger partial charge in [0, 0.05) is 12.1 Å². The lowest BCUT2D eigenvalue weighted by molar-refractivity contribution is -0.384. The van der Waals surface area contributed by atoms with Crippen molar-refractivity contribution in [2.45, 2.75) is 6.61 Å². The van der Waals surface area contributed by atoms with E-state index in [0.29, 0.717) is 11.3 Å². The van der Waals surface area contributed by atoms with E-state index in [9.17, 15) is 14.9 Å². The largest absolute Gasteiger partial charge is 0.482 e. The van der Waals surface area contributed by atoms with Gasteiger partial charge in [0.1, 0.15) is 12.4 Å². The number of nitrogens with zero attached hydrogens (tertiary/aromatic N) is 1. The molecule has 6 nitrogen and oxygen atoms in total. The summed E-state index contributed by atoms with van der Waals surface area (Å²) in [5.41, 5.74) is 0.672. The Kier molecular flexibility index (Phi) is 4.87. The quantitative estimate of drug-likeness (QED) is 0.463. The smallest absolute Gasteiger partial charge is 0.344 e. The Labute approximate surface area is 121 Å². The van der Waals surface area contributed by atoms with Crippen LogP contribution in [0, 0.1) is 10.1 Å². The molecule has 0 saturated heterocycles. The molecule has 2 aromatic rings. The monoisotopic (exact) mass is 287 g/mol. The number of ether oxygens (including phenoxy) is 2. The predicted octanol–water partition coefficient (Wildman–Crippen LogP) is 2.72. The molecule has 6 heteroatoms. The highest BCUT2D eigenvalue weighted by Crippen LogP contribution is 2.13. The fourth-order valence-electron chi connectivity index (χ4n) is 1.58. The molecule has 0 bridgehead atoms. The number of hydrogen-bond acceptors (Lipinski definition) is 5. The van der Waals surface area contributed by atoms with Crippen molar-refractivity contribution < 1.29 is 19.2 Å². The van der Waals surface area contributed by atoms with Gasteiger partial charge in [0.2, 0.25) is 0 Å². The highest BCUT2D eigenvalue weighted by Gasteiger charge is 2.07. The average molecular weight is 287 g/mol. The van der Waals surface area contributed by atoms with Gasteiger partial charge in [-0.05, 0) is 29.8 Å². The van der Waals surface area contributed by atoms with Crippen molar-refractivity contribution in [1.29, 1.82) is 0 Å². The van der Waals surface area contributed by atoms with E-state index in [1.165, 1.54) is 12.1 Å². The fraction of sp³-hybridized carbons (Fsp3) is 0.133. The fourth-order valence-corrected chi connectivity index (χ4v) is 1.58. The first kappa shape index (κ1) is 14.5. The standard InChI is InChI=1S/C15H13NO5/c17-15(11-20-14-4-2-1-3-5-14)21-10-12-6-8-13(9-7-12)16(18)19/h1-9H,10-11H2. The van der Waals surface area contributed by atoms with Crippen molar-refractivity contribution >= 4 is 11.7 Å². The number of carbonyl (C=O) groups excluding carboxylic acids is 1. The van der Waals surface area contributed by atoms with Gasteiger partial charge in [-0.15, -0.1) is 0 Å². The average Bonchev–Trinajstić information content (AvgIpc) is 2.52. The molecule has 0 aliphatic carbocycles. The van der Waals surface area contributed by atoms with Gasteiger partial charge in [-0.1, -0.05) is 18.2 Å². The van der Waals surface area contributed by atoms with Gasteiger partial charge in [-0.25, -0.2) is 4.79 Å². The molecule has 0 aliphatic rings. The molecule has 0 radical (unpaired) electrons. The number of non-ortho nitro benzene ring substituents is 1. The summed E-state index contributed by atoms with van der Waals surface area (Å²) < 4.78 is 10.3. The molecule has 0 fully saturated rings. The Morgan fingerprint density at radius 1 is 1.05 bits per heavy atom. The summed E-state index contributed by atoms with van der Waals surface area (Å²) in [4.78, 5) is 21.5. The Balaban J connectivity index is 1.77. The summed E-state index contributed by atoms with van der Waals surface area (Å²) in [5, 5.41) is 10.5. The summed E-state index contributed by atoms with van der Waals surface area (Å²) in [5.74, 6) is 0.0852. The number of para-hydroxylation sites is 1. The zero-order valence-electron chi connectivity index (χ0n) is 11.1. The minimum atomic E-state index is -0.503. The second kappa shape index (κ2) is 7.04. The lowest BCUT2D eigenvalue weighted by Gasteiger charge is -2.07. The van der Waals surface area contributed by atoms with Crippen molar-refractivity contribution in [2.75, 3.05) is 6.61 Å². The molecular weight excluding hydrogens is 274 g/mol. The summed E-state index contributed by atoms with van der Waals surface area (Å²) in [6, 6.07) is 14.8. The first-order chi connectivity index (χ1) is 10.1. The third-order valence-electron chi connectivity index (χ3n) is 2.65. The molecule has 0 spiro atoms. The molecule has 0 amide bonds. The Bertz CT molecular complexity index is 610. The summed E-state index contributed by atoms with van der Waals surface area (Å²) in [6.07, 6.45) is 0. The number of rotatable bonds is 6. The van der Waals surface area contributed by atoms with Gasteiger partial charge >= 0.3 is 5.97 Å². The van der Waals surface area contributed by atoms with Crippen LogP contribution in [-0.2, 0) is 16.1 Å². The molecular formula is C15H13NO5. The van der Waals surface area contributed by atoms with E-state index in [4.69, 9.17) is 9.47 Å². The lowest BCUT2D eigenvalue weighted by atomic mass is 10.2. The van der Waals surface area contributed by atoms with Crippen molar-refractivity contribution in [1.82, 2.24) is 0 Å². The molecule has 2 rings (SSSR count). The van der Waals surface area contributed by atoms with Crippen molar-refractivity contribution in [3.63, 3.8) is 0 Å². The first-order valence-corrected chi connectivity index (χ1v) is 6.22. The zero-order chi connectivity index (χ0) is 15.1. The first-order valence-electron chi connectivity index (χ1n) is 6.22. The van der Waals surface area contributed by atoms with E-state index in [-0.39, 0.29) is 18.9 Å². The van der Waals surface area contributed by atoms with Crippen LogP contribution in [0.25, 0.3) is 0 Å². The Morgan fingerprint density at radius 2 is 1.71 bits per heavy atom. The van der Waals surface area contributed by atoms with Crippen LogP contribution >= 0.6 is 0 Å². The number of hydrogen-bond donors (Lipinski definition) is 0. The predicted molar refractivity (Wildman–Crippen MR) is 74.8 cm³/mol. The molecule has 0 atom stereocenters. The second-order valence-corrected chi connectivity index (χ2v) is 4.19. The molecule has 108 valence electrons. The highest BCUT2D eigenvalue weighted by atomic mass is 16.6. The molecule has 2 aromatic carbocycles.